The zero-order valence-corrected chi connectivity index (χ0v) is 12.1. The van der Waals surface area contributed by atoms with Gasteiger partial charge >= 0.3 is 5.69 Å². The summed E-state index contributed by atoms with van der Waals surface area (Å²) in [4.78, 5) is 30.6. The number of nitrogen functional groups attached to an aromatic ring is 1. The van der Waals surface area contributed by atoms with Crippen molar-refractivity contribution in [3.8, 4) is 0 Å². The number of nitrogens with two attached hydrogens (primary N) is 1. The van der Waals surface area contributed by atoms with Crippen LogP contribution in [0, 0.1) is 5.92 Å². The van der Waals surface area contributed by atoms with Crippen LogP contribution in [0.25, 0.3) is 0 Å². The van der Waals surface area contributed by atoms with E-state index >= 15 is 0 Å². The van der Waals surface area contributed by atoms with Crippen molar-refractivity contribution in [3.63, 3.8) is 0 Å². The molecular formula is C13H16N4O2S. The summed E-state index contributed by atoms with van der Waals surface area (Å²) in [6, 6.07) is 3.74. The van der Waals surface area contributed by atoms with E-state index in [1.807, 2.05) is 6.07 Å². The van der Waals surface area contributed by atoms with Gasteiger partial charge in [-0.15, -0.1) is 11.3 Å². The standard InChI is InChI=1S/C13H16N4O2S/c1-7(2)5-8-3-4-10(20-8)12(18)16-9-6-15-13(19)17-11(9)14/h3-4,6-7H,5H2,1-2H3,(H,16,18)(H3,14,15,17,19). The fourth-order valence-corrected chi connectivity index (χ4v) is 2.82. The summed E-state index contributed by atoms with van der Waals surface area (Å²) in [6.45, 7) is 4.26. The van der Waals surface area contributed by atoms with E-state index in [9.17, 15) is 9.59 Å². The average Bonchev–Trinajstić information content (AvgIpc) is 2.80. The Morgan fingerprint density at radius 2 is 2.25 bits per heavy atom. The third-order valence-electron chi connectivity index (χ3n) is 2.59. The number of carbonyl (C=O) groups excluding carboxylic acids is 1. The van der Waals surface area contributed by atoms with E-state index in [0.29, 0.717) is 16.5 Å². The lowest BCUT2D eigenvalue weighted by Gasteiger charge is -2.05. The van der Waals surface area contributed by atoms with Gasteiger partial charge in [-0.3, -0.25) is 9.78 Å². The second kappa shape index (κ2) is 5.87. The van der Waals surface area contributed by atoms with Crippen molar-refractivity contribution in [1.29, 1.82) is 0 Å². The van der Waals surface area contributed by atoms with Gasteiger partial charge in [-0.2, -0.15) is 4.98 Å². The molecule has 0 aromatic carbocycles. The highest BCUT2D eigenvalue weighted by Gasteiger charge is 2.12. The first-order chi connectivity index (χ1) is 9.45. The smallest absolute Gasteiger partial charge is 0.346 e. The Labute approximate surface area is 120 Å². The summed E-state index contributed by atoms with van der Waals surface area (Å²) in [5, 5.41) is 2.63. The highest BCUT2D eigenvalue weighted by molar-refractivity contribution is 7.14. The van der Waals surface area contributed by atoms with E-state index in [2.05, 4.69) is 29.1 Å². The minimum atomic E-state index is -0.546. The SMILES string of the molecule is CC(C)Cc1ccc(C(=O)Nc2cnc(=O)[nH]c2N)s1. The summed E-state index contributed by atoms with van der Waals surface area (Å²) in [5.74, 6) is 0.381. The van der Waals surface area contributed by atoms with Crippen LogP contribution in [0.3, 0.4) is 0 Å². The number of amides is 1. The monoisotopic (exact) mass is 292 g/mol. The van der Waals surface area contributed by atoms with Crippen LogP contribution in [0.4, 0.5) is 11.5 Å². The second-order valence-electron chi connectivity index (χ2n) is 4.83. The number of carbonyl (C=O) groups is 1. The molecule has 106 valence electrons. The number of rotatable bonds is 4. The van der Waals surface area contributed by atoms with E-state index < -0.39 is 5.69 Å². The summed E-state index contributed by atoms with van der Waals surface area (Å²) in [5.41, 5.74) is 5.37. The van der Waals surface area contributed by atoms with E-state index in [4.69, 9.17) is 5.73 Å². The first kappa shape index (κ1) is 14.3. The van der Waals surface area contributed by atoms with Crippen LogP contribution < -0.4 is 16.7 Å². The molecule has 0 bridgehead atoms. The number of aromatic nitrogens is 2. The molecule has 0 aliphatic rings. The van der Waals surface area contributed by atoms with E-state index in [1.54, 1.807) is 6.07 Å². The fourth-order valence-electron chi connectivity index (χ4n) is 1.70. The summed E-state index contributed by atoms with van der Waals surface area (Å²) in [6.07, 6.45) is 2.19. The van der Waals surface area contributed by atoms with Gasteiger partial charge in [-0.05, 0) is 24.5 Å². The number of nitrogens with zero attached hydrogens (tertiary/aromatic N) is 1. The molecule has 0 fully saturated rings. The molecule has 7 heteroatoms. The minimum Gasteiger partial charge on any atom is -0.383 e. The predicted molar refractivity (Wildman–Crippen MR) is 80.1 cm³/mol. The van der Waals surface area contributed by atoms with Crippen LogP contribution in [0.5, 0.6) is 0 Å². The largest absolute Gasteiger partial charge is 0.383 e. The molecule has 0 spiro atoms. The number of nitrogens with one attached hydrogen (secondary N) is 2. The Morgan fingerprint density at radius 1 is 1.50 bits per heavy atom. The lowest BCUT2D eigenvalue weighted by atomic mass is 10.1. The van der Waals surface area contributed by atoms with Gasteiger partial charge in [0.2, 0.25) is 0 Å². The molecule has 0 saturated heterocycles. The lowest BCUT2D eigenvalue weighted by Crippen LogP contribution is -2.17. The van der Waals surface area contributed by atoms with Crippen LogP contribution in [-0.4, -0.2) is 15.9 Å². The molecule has 2 aromatic rings. The molecule has 0 aliphatic heterocycles. The summed E-state index contributed by atoms with van der Waals surface area (Å²) < 4.78 is 0. The predicted octanol–water partition coefficient (Wildman–Crippen LogP) is 1.86. The Balaban J connectivity index is 2.11. The van der Waals surface area contributed by atoms with E-state index in [0.717, 1.165) is 11.3 Å². The Bertz CT molecular complexity index is 675. The normalized spacial score (nSPS) is 10.8. The zero-order chi connectivity index (χ0) is 14.7. The summed E-state index contributed by atoms with van der Waals surface area (Å²) >= 11 is 1.45. The fraction of sp³-hybridized carbons (Fsp3) is 0.308. The van der Waals surface area contributed by atoms with Gasteiger partial charge in [-0.25, -0.2) is 4.79 Å². The maximum atomic E-state index is 12.1. The summed E-state index contributed by atoms with van der Waals surface area (Å²) in [7, 11) is 0. The number of H-pyrrole nitrogens is 1. The molecule has 0 saturated carbocycles. The zero-order valence-electron chi connectivity index (χ0n) is 11.3. The molecule has 1 amide bonds. The molecule has 4 N–H and O–H groups in total. The number of aromatic amines is 1. The molecule has 0 atom stereocenters. The minimum absolute atomic E-state index is 0.0947. The van der Waals surface area contributed by atoms with Crippen molar-refractivity contribution in [1.82, 2.24) is 9.97 Å². The van der Waals surface area contributed by atoms with Gasteiger partial charge in [0.1, 0.15) is 11.5 Å². The molecule has 6 nitrogen and oxygen atoms in total. The number of anilines is 2. The van der Waals surface area contributed by atoms with Crippen molar-refractivity contribution in [2.45, 2.75) is 20.3 Å². The molecule has 0 radical (unpaired) electrons. The van der Waals surface area contributed by atoms with Gasteiger partial charge in [0, 0.05) is 4.88 Å². The Hall–Kier alpha value is -2.15. The highest BCUT2D eigenvalue weighted by Crippen LogP contribution is 2.21. The van der Waals surface area contributed by atoms with Gasteiger partial charge in [0.15, 0.2) is 0 Å². The van der Waals surface area contributed by atoms with Crippen LogP contribution in [0.1, 0.15) is 28.4 Å². The molecule has 2 heterocycles. The molecule has 0 unspecified atom stereocenters. The number of thiophene rings is 1. The van der Waals surface area contributed by atoms with Crippen LogP contribution in [0.15, 0.2) is 23.1 Å². The van der Waals surface area contributed by atoms with Crippen molar-refractivity contribution in [2.75, 3.05) is 11.1 Å². The number of hydrogen-bond acceptors (Lipinski definition) is 5. The van der Waals surface area contributed by atoms with E-state index in [-0.39, 0.29) is 11.7 Å². The average molecular weight is 292 g/mol. The van der Waals surface area contributed by atoms with Crippen LogP contribution >= 0.6 is 11.3 Å². The third-order valence-corrected chi connectivity index (χ3v) is 3.69. The molecule has 2 aromatic heterocycles. The van der Waals surface area contributed by atoms with Gasteiger partial charge in [0.25, 0.3) is 5.91 Å². The van der Waals surface area contributed by atoms with Gasteiger partial charge in [0.05, 0.1) is 11.1 Å². The molecule has 0 aliphatic carbocycles. The third kappa shape index (κ3) is 3.45. The first-order valence-electron chi connectivity index (χ1n) is 6.20. The molecule has 20 heavy (non-hydrogen) atoms. The quantitative estimate of drug-likeness (QED) is 0.800. The van der Waals surface area contributed by atoms with Gasteiger partial charge in [-0.1, -0.05) is 13.8 Å². The Morgan fingerprint density at radius 3 is 2.90 bits per heavy atom. The number of hydrogen-bond donors (Lipinski definition) is 3. The topological polar surface area (TPSA) is 101 Å². The highest BCUT2D eigenvalue weighted by atomic mass is 32.1. The van der Waals surface area contributed by atoms with Gasteiger partial charge < -0.3 is 11.1 Å². The Kier molecular flexibility index (Phi) is 4.19. The lowest BCUT2D eigenvalue weighted by molar-refractivity contribution is 0.103. The first-order valence-corrected chi connectivity index (χ1v) is 7.02. The van der Waals surface area contributed by atoms with Crippen molar-refractivity contribution >= 4 is 28.7 Å². The molecular weight excluding hydrogens is 276 g/mol. The maximum Gasteiger partial charge on any atom is 0.346 e. The second-order valence-corrected chi connectivity index (χ2v) is 6.00. The maximum absolute atomic E-state index is 12.1. The molecule has 2 rings (SSSR count). The van der Waals surface area contributed by atoms with Crippen molar-refractivity contribution in [2.24, 2.45) is 5.92 Å². The van der Waals surface area contributed by atoms with Crippen LogP contribution in [0.2, 0.25) is 0 Å². The van der Waals surface area contributed by atoms with Crippen molar-refractivity contribution in [3.05, 3.63) is 38.6 Å². The van der Waals surface area contributed by atoms with Crippen LogP contribution in [-0.2, 0) is 6.42 Å². The van der Waals surface area contributed by atoms with Crippen molar-refractivity contribution < 1.29 is 4.79 Å². The van der Waals surface area contributed by atoms with E-state index in [1.165, 1.54) is 17.5 Å².